The van der Waals surface area contributed by atoms with E-state index in [1.165, 1.54) is 17.7 Å². The lowest BCUT2D eigenvalue weighted by Gasteiger charge is -2.02. The molecule has 0 aromatic carbocycles. The molecule has 1 saturated carbocycles. The molecule has 1 aromatic rings. The van der Waals surface area contributed by atoms with Crippen molar-refractivity contribution >= 4 is 11.3 Å². The topological polar surface area (TPSA) is 21.3 Å². The van der Waals surface area contributed by atoms with Crippen molar-refractivity contribution in [2.75, 3.05) is 6.61 Å². The lowest BCUT2D eigenvalue weighted by Crippen LogP contribution is -2.14. The van der Waals surface area contributed by atoms with Gasteiger partial charge in [0.25, 0.3) is 6.43 Å². The predicted molar refractivity (Wildman–Crippen MR) is 64.6 cm³/mol. The van der Waals surface area contributed by atoms with Gasteiger partial charge < -0.3 is 10.1 Å². The van der Waals surface area contributed by atoms with E-state index in [4.69, 9.17) is 4.74 Å². The first-order chi connectivity index (χ1) is 8.15. The summed E-state index contributed by atoms with van der Waals surface area (Å²) in [7, 11) is 0. The molecule has 0 unspecified atom stereocenters. The van der Waals surface area contributed by atoms with Crippen LogP contribution in [0.4, 0.5) is 8.78 Å². The summed E-state index contributed by atoms with van der Waals surface area (Å²) in [6.45, 7) is 2.69. The molecule has 0 saturated heterocycles. The molecular formula is C12H17F2NOS. The molecule has 0 radical (unpaired) electrons. The number of nitrogens with one attached hydrogen (secondary N) is 1. The predicted octanol–water partition coefficient (Wildman–Crippen LogP) is 3.09. The fourth-order valence-electron chi connectivity index (χ4n) is 1.61. The Bertz CT molecular complexity index is 363. The van der Waals surface area contributed by atoms with E-state index in [9.17, 15) is 8.78 Å². The second kappa shape index (κ2) is 5.89. The molecule has 2 rings (SSSR count). The summed E-state index contributed by atoms with van der Waals surface area (Å²) >= 11 is 1.71. The van der Waals surface area contributed by atoms with Crippen LogP contribution in [0.15, 0.2) is 6.07 Å². The summed E-state index contributed by atoms with van der Waals surface area (Å²) in [4.78, 5) is 2.41. The molecule has 0 aliphatic heterocycles. The Morgan fingerprint density at radius 3 is 2.94 bits per heavy atom. The summed E-state index contributed by atoms with van der Waals surface area (Å²) in [5.74, 6) is 0. The Kier molecular flexibility index (Phi) is 4.48. The summed E-state index contributed by atoms with van der Waals surface area (Å²) < 4.78 is 28.8. The van der Waals surface area contributed by atoms with Crippen molar-refractivity contribution in [2.24, 2.45) is 0 Å². The minimum Gasteiger partial charge on any atom is -0.371 e. The smallest absolute Gasteiger partial charge is 0.261 e. The highest BCUT2D eigenvalue weighted by Crippen LogP contribution is 2.24. The quantitative estimate of drug-likeness (QED) is 0.814. The van der Waals surface area contributed by atoms with Crippen LogP contribution in [0.3, 0.4) is 0 Å². The van der Waals surface area contributed by atoms with Gasteiger partial charge >= 0.3 is 0 Å². The van der Waals surface area contributed by atoms with Gasteiger partial charge in [0, 0.05) is 22.3 Å². The van der Waals surface area contributed by atoms with Gasteiger partial charge in [0.15, 0.2) is 0 Å². The van der Waals surface area contributed by atoms with Crippen LogP contribution in [0.5, 0.6) is 0 Å². The van der Waals surface area contributed by atoms with Crippen LogP contribution in [-0.2, 0) is 17.9 Å². The summed E-state index contributed by atoms with van der Waals surface area (Å²) in [6, 6.07) is 2.75. The zero-order valence-corrected chi connectivity index (χ0v) is 10.7. The van der Waals surface area contributed by atoms with Crippen LogP contribution in [0.2, 0.25) is 0 Å². The lowest BCUT2D eigenvalue weighted by molar-refractivity contribution is 0.00983. The van der Waals surface area contributed by atoms with Gasteiger partial charge in [0.05, 0.1) is 6.61 Å². The van der Waals surface area contributed by atoms with E-state index in [0.29, 0.717) is 6.04 Å². The van der Waals surface area contributed by atoms with E-state index < -0.39 is 13.0 Å². The Morgan fingerprint density at radius 2 is 2.29 bits per heavy atom. The van der Waals surface area contributed by atoms with E-state index >= 15 is 0 Å². The van der Waals surface area contributed by atoms with Crippen LogP contribution in [0.25, 0.3) is 0 Å². The number of rotatable bonds is 7. The zero-order valence-electron chi connectivity index (χ0n) is 9.84. The summed E-state index contributed by atoms with van der Waals surface area (Å²) in [6.07, 6.45) is 0.161. The third kappa shape index (κ3) is 4.33. The molecule has 1 N–H and O–H groups in total. The molecule has 1 aliphatic carbocycles. The SMILES string of the molecule is Cc1sc(CNC2CC2)cc1COCC(F)F. The fourth-order valence-corrected chi connectivity index (χ4v) is 2.61. The van der Waals surface area contributed by atoms with Gasteiger partial charge in [-0.05, 0) is 31.4 Å². The van der Waals surface area contributed by atoms with Gasteiger partial charge in [0.1, 0.15) is 6.61 Å². The lowest BCUT2D eigenvalue weighted by atomic mass is 10.2. The van der Waals surface area contributed by atoms with Crippen molar-refractivity contribution in [3.8, 4) is 0 Å². The zero-order chi connectivity index (χ0) is 12.3. The molecule has 0 amide bonds. The summed E-state index contributed by atoms with van der Waals surface area (Å²) in [5, 5.41) is 3.44. The van der Waals surface area contributed by atoms with E-state index in [2.05, 4.69) is 11.4 Å². The number of thiophene rings is 1. The molecule has 0 atom stereocenters. The van der Waals surface area contributed by atoms with Crippen molar-refractivity contribution in [1.29, 1.82) is 0 Å². The molecular weight excluding hydrogens is 244 g/mol. The molecule has 1 heterocycles. The molecule has 0 spiro atoms. The van der Waals surface area contributed by atoms with Crippen LogP contribution in [0, 0.1) is 6.92 Å². The molecule has 96 valence electrons. The third-order valence-corrected chi connectivity index (χ3v) is 3.81. The van der Waals surface area contributed by atoms with E-state index in [0.717, 1.165) is 17.0 Å². The maximum atomic E-state index is 11.9. The first-order valence-electron chi connectivity index (χ1n) is 5.82. The number of hydrogen-bond donors (Lipinski definition) is 1. The van der Waals surface area contributed by atoms with Crippen molar-refractivity contribution in [2.45, 2.75) is 45.4 Å². The standard InChI is InChI=1S/C12H17F2NOS/c1-8-9(6-16-7-12(13)14)4-11(17-8)5-15-10-2-3-10/h4,10,12,15H,2-3,5-7H2,1H3. The third-order valence-electron chi connectivity index (χ3n) is 2.72. The highest BCUT2D eigenvalue weighted by molar-refractivity contribution is 7.12. The Morgan fingerprint density at radius 1 is 1.53 bits per heavy atom. The van der Waals surface area contributed by atoms with Gasteiger partial charge in [-0.2, -0.15) is 0 Å². The molecule has 0 bridgehead atoms. The maximum absolute atomic E-state index is 11.9. The maximum Gasteiger partial charge on any atom is 0.261 e. The molecule has 5 heteroatoms. The highest BCUT2D eigenvalue weighted by atomic mass is 32.1. The highest BCUT2D eigenvalue weighted by Gasteiger charge is 2.20. The normalized spacial score (nSPS) is 15.8. The first-order valence-corrected chi connectivity index (χ1v) is 6.64. The number of ether oxygens (including phenoxy) is 1. The number of hydrogen-bond acceptors (Lipinski definition) is 3. The van der Waals surface area contributed by atoms with Crippen LogP contribution in [-0.4, -0.2) is 19.1 Å². The minimum absolute atomic E-state index is 0.288. The van der Waals surface area contributed by atoms with Crippen molar-refractivity contribution < 1.29 is 13.5 Å². The van der Waals surface area contributed by atoms with Crippen molar-refractivity contribution in [1.82, 2.24) is 5.32 Å². The fraction of sp³-hybridized carbons (Fsp3) is 0.667. The molecule has 1 aromatic heterocycles. The van der Waals surface area contributed by atoms with Crippen LogP contribution < -0.4 is 5.32 Å². The average molecular weight is 261 g/mol. The second-order valence-corrected chi connectivity index (χ2v) is 5.70. The largest absolute Gasteiger partial charge is 0.371 e. The average Bonchev–Trinajstić information content (AvgIpc) is 3.02. The molecule has 1 aliphatic rings. The van der Waals surface area contributed by atoms with E-state index in [1.54, 1.807) is 11.3 Å². The van der Waals surface area contributed by atoms with Gasteiger partial charge in [0.2, 0.25) is 0 Å². The van der Waals surface area contributed by atoms with Gasteiger partial charge in [-0.25, -0.2) is 8.78 Å². The number of halogens is 2. The van der Waals surface area contributed by atoms with E-state index in [1.807, 2.05) is 6.92 Å². The van der Waals surface area contributed by atoms with Crippen LogP contribution in [0.1, 0.15) is 28.2 Å². The Hall–Kier alpha value is -0.520. The van der Waals surface area contributed by atoms with Crippen molar-refractivity contribution in [3.05, 3.63) is 21.4 Å². The van der Waals surface area contributed by atoms with E-state index in [-0.39, 0.29) is 6.61 Å². The van der Waals surface area contributed by atoms with Crippen molar-refractivity contribution in [3.63, 3.8) is 0 Å². The number of alkyl halides is 2. The monoisotopic (exact) mass is 261 g/mol. The molecule has 17 heavy (non-hydrogen) atoms. The first kappa shape index (κ1) is 12.9. The molecule has 1 fully saturated rings. The van der Waals surface area contributed by atoms with Gasteiger partial charge in [-0.15, -0.1) is 11.3 Å². The van der Waals surface area contributed by atoms with Gasteiger partial charge in [-0.1, -0.05) is 0 Å². The Labute approximate surface area is 104 Å². The molecule has 2 nitrogen and oxygen atoms in total. The second-order valence-electron chi connectivity index (χ2n) is 4.36. The minimum atomic E-state index is -2.38. The Balaban J connectivity index is 1.79. The number of aryl methyl sites for hydroxylation is 1. The summed E-state index contributed by atoms with van der Waals surface area (Å²) in [5.41, 5.74) is 1.03. The van der Waals surface area contributed by atoms with Crippen LogP contribution >= 0.6 is 11.3 Å². The van der Waals surface area contributed by atoms with Gasteiger partial charge in [-0.3, -0.25) is 0 Å².